The third-order valence-electron chi connectivity index (χ3n) is 2.62. The summed E-state index contributed by atoms with van der Waals surface area (Å²) in [7, 11) is 0. The first-order chi connectivity index (χ1) is 6.30. The van der Waals surface area contributed by atoms with Crippen molar-refractivity contribution in [2.24, 2.45) is 5.41 Å². The molecule has 0 fully saturated rings. The Morgan fingerprint density at radius 2 is 1.79 bits per heavy atom. The van der Waals surface area contributed by atoms with Gasteiger partial charge in [0.2, 0.25) is 0 Å². The van der Waals surface area contributed by atoms with E-state index in [9.17, 15) is 4.79 Å². The average Bonchev–Trinajstić information content (AvgIpc) is 2.02. The molecule has 0 aliphatic rings. The quantitative estimate of drug-likeness (QED) is 0.700. The molecule has 0 aromatic carbocycles. The van der Waals surface area contributed by atoms with Crippen molar-refractivity contribution in [3.63, 3.8) is 0 Å². The second kappa shape index (κ2) is 5.18. The Bertz CT molecular complexity index is 231. The standard InChI is InChI=1S/C12H22O2/c1-6-7-8-10(11(13)14)9(2)12(3,4)5/h6-8H2,1-5H3,(H,13,14)/b10-9-. The predicted molar refractivity (Wildman–Crippen MR) is 59.3 cm³/mol. The highest BCUT2D eigenvalue weighted by atomic mass is 16.4. The topological polar surface area (TPSA) is 37.3 Å². The summed E-state index contributed by atoms with van der Waals surface area (Å²) in [4.78, 5) is 11.0. The van der Waals surface area contributed by atoms with Crippen LogP contribution in [0.4, 0.5) is 0 Å². The molecule has 0 amide bonds. The van der Waals surface area contributed by atoms with Gasteiger partial charge in [0, 0.05) is 5.57 Å². The lowest BCUT2D eigenvalue weighted by Crippen LogP contribution is -2.14. The molecule has 0 aliphatic heterocycles. The summed E-state index contributed by atoms with van der Waals surface area (Å²) in [5.41, 5.74) is 1.55. The van der Waals surface area contributed by atoms with E-state index in [0.29, 0.717) is 12.0 Å². The van der Waals surface area contributed by atoms with Crippen molar-refractivity contribution in [2.45, 2.75) is 53.9 Å². The second-order valence-corrected chi connectivity index (χ2v) is 4.76. The Kier molecular flexibility index (Phi) is 4.89. The van der Waals surface area contributed by atoms with Crippen molar-refractivity contribution in [1.82, 2.24) is 0 Å². The molecule has 0 aliphatic carbocycles. The summed E-state index contributed by atoms with van der Waals surface area (Å²) in [6, 6.07) is 0. The van der Waals surface area contributed by atoms with E-state index in [0.717, 1.165) is 18.4 Å². The van der Waals surface area contributed by atoms with Gasteiger partial charge >= 0.3 is 5.97 Å². The van der Waals surface area contributed by atoms with Crippen molar-refractivity contribution < 1.29 is 9.90 Å². The number of carboxylic acid groups (broad SMARTS) is 1. The summed E-state index contributed by atoms with van der Waals surface area (Å²) >= 11 is 0. The minimum absolute atomic E-state index is 0.0402. The number of rotatable bonds is 4. The Morgan fingerprint density at radius 1 is 1.29 bits per heavy atom. The molecule has 0 saturated heterocycles. The van der Waals surface area contributed by atoms with E-state index in [1.54, 1.807) is 0 Å². The molecule has 0 rings (SSSR count). The van der Waals surface area contributed by atoms with Crippen molar-refractivity contribution in [3.05, 3.63) is 11.1 Å². The Balaban J connectivity index is 4.87. The van der Waals surface area contributed by atoms with Crippen LogP contribution in [-0.2, 0) is 4.79 Å². The summed E-state index contributed by atoms with van der Waals surface area (Å²) in [5, 5.41) is 9.08. The van der Waals surface area contributed by atoms with Gasteiger partial charge in [0.1, 0.15) is 0 Å². The fraction of sp³-hybridized carbons (Fsp3) is 0.750. The fourth-order valence-electron chi connectivity index (χ4n) is 1.26. The molecular weight excluding hydrogens is 176 g/mol. The predicted octanol–water partition coefficient (Wildman–Crippen LogP) is 3.62. The first-order valence-electron chi connectivity index (χ1n) is 5.24. The molecule has 0 radical (unpaired) electrons. The summed E-state index contributed by atoms with van der Waals surface area (Å²) in [6.45, 7) is 10.2. The van der Waals surface area contributed by atoms with Crippen LogP contribution in [0.25, 0.3) is 0 Å². The van der Waals surface area contributed by atoms with Crippen molar-refractivity contribution in [3.8, 4) is 0 Å². The number of aliphatic carboxylic acids is 1. The molecule has 0 atom stereocenters. The lowest BCUT2D eigenvalue weighted by atomic mass is 9.83. The van der Waals surface area contributed by atoms with Crippen LogP contribution < -0.4 is 0 Å². The van der Waals surface area contributed by atoms with Gasteiger partial charge in [0.15, 0.2) is 0 Å². The van der Waals surface area contributed by atoms with Crippen molar-refractivity contribution >= 4 is 5.97 Å². The molecular formula is C12H22O2. The summed E-state index contributed by atoms with van der Waals surface area (Å²) < 4.78 is 0. The fourth-order valence-corrected chi connectivity index (χ4v) is 1.26. The van der Waals surface area contributed by atoms with Crippen LogP contribution in [0.1, 0.15) is 53.9 Å². The van der Waals surface area contributed by atoms with Crippen molar-refractivity contribution in [1.29, 1.82) is 0 Å². The maximum atomic E-state index is 11.0. The van der Waals surface area contributed by atoms with Crippen LogP contribution >= 0.6 is 0 Å². The number of carboxylic acids is 1. The molecule has 0 bridgehead atoms. The molecule has 0 aromatic heterocycles. The van der Waals surface area contributed by atoms with Crippen LogP contribution in [0.3, 0.4) is 0 Å². The van der Waals surface area contributed by atoms with Gasteiger partial charge in [-0.05, 0) is 25.2 Å². The first kappa shape index (κ1) is 13.2. The Labute approximate surface area is 87.0 Å². The van der Waals surface area contributed by atoms with Crippen LogP contribution in [0, 0.1) is 5.41 Å². The number of hydrogen-bond donors (Lipinski definition) is 1. The van der Waals surface area contributed by atoms with E-state index in [1.807, 2.05) is 6.92 Å². The highest BCUT2D eigenvalue weighted by Gasteiger charge is 2.20. The van der Waals surface area contributed by atoms with E-state index in [2.05, 4.69) is 27.7 Å². The van der Waals surface area contributed by atoms with E-state index in [4.69, 9.17) is 5.11 Å². The largest absolute Gasteiger partial charge is 0.478 e. The van der Waals surface area contributed by atoms with Gasteiger partial charge in [-0.2, -0.15) is 0 Å². The zero-order valence-electron chi connectivity index (χ0n) is 9.98. The third kappa shape index (κ3) is 3.95. The smallest absolute Gasteiger partial charge is 0.331 e. The number of allylic oxidation sites excluding steroid dienone is 1. The molecule has 14 heavy (non-hydrogen) atoms. The van der Waals surface area contributed by atoms with E-state index < -0.39 is 5.97 Å². The minimum atomic E-state index is -0.758. The molecule has 1 N–H and O–H groups in total. The first-order valence-corrected chi connectivity index (χ1v) is 5.24. The van der Waals surface area contributed by atoms with Crippen LogP contribution in [0.15, 0.2) is 11.1 Å². The molecule has 0 unspecified atom stereocenters. The monoisotopic (exact) mass is 198 g/mol. The molecule has 2 nitrogen and oxygen atoms in total. The molecule has 2 heteroatoms. The average molecular weight is 198 g/mol. The Hall–Kier alpha value is -0.790. The lowest BCUT2D eigenvalue weighted by Gasteiger charge is -2.22. The second-order valence-electron chi connectivity index (χ2n) is 4.76. The molecule has 0 aromatic rings. The summed E-state index contributed by atoms with van der Waals surface area (Å²) in [6.07, 6.45) is 2.68. The van der Waals surface area contributed by atoms with Gasteiger partial charge in [-0.3, -0.25) is 0 Å². The maximum Gasteiger partial charge on any atom is 0.331 e. The molecule has 0 heterocycles. The highest BCUT2D eigenvalue weighted by molar-refractivity contribution is 5.87. The highest BCUT2D eigenvalue weighted by Crippen LogP contribution is 2.29. The van der Waals surface area contributed by atoms with Crippen LogP contribution in [0.2, 0.25) is 0 Å². The lowest BCUT2D eigenvalue weighted by molar-refractivity contribution is -0.133. The van der Waals surface area contributed by atoms with Gasteiger partial charge in [0.05, 0.1) is 0 Å². The molecule has 82 valence electrons. The molecule has 0 spiro atoms. The number of hydrogen-bond acceptors (Lipinski definition) is 1. The van der Waals surface area contributed by atoms with Crippen molar-refractivity contribution in [2.75, 3.05) is 0 Å². The zero-order chi connectivity index (χ0) is 11.4. The van der Waals surface area contributed by atoms with E-state index >= 15 is 0 Å². The SMILES string of the molecule is CCCC/C(C(=O)O)=C(\C)C(C)(C)C. The maximum absolute atomic E-state index is 11.0. The van der Waals surface area contributed by atoms with E-state index in [-0.39, 0.29) is 5.41 Å². The summed E-state index contributed by atoms with van der Waals surface area (Å²) in [5.74, 6) is -0.758. The minimum Gasteiger partial charge on any atom is -0.478 e. The van der Waals surface area contributed by atoms with Gasteiger partial charge in [-0.15, -0.1) is 0 Å². The Morgan fingerprint density at radius 3 is 2.07 bits per heavy atom. The van der Waals surface area contributed by atoms with Gasteiger partial charge < -0.3 is 5.11 Å². The number of unbranched alkanes of at least 4 members (excludes halogenated alkanes) is 1. The van der Waals surface area contributed by atoms with Gasteiger partial charge in [-0.25, -0.2) is 4.79 Å². The number of carbonyl (C=O) groups is 1. The normalized spacial score (nSPS) is 13.8. The van der Waals surface area contributed by atoms with Gasteiger partial charge in [0.25, 0.3) is 0 Å². The molecule has 0 saturated carbocycles. The third-order valence-corrected chi connectivity index (χ3v) is 2.62. The zero-order valence-corrected chi connectivity index (χ0v) is 9.98. The van der Waals surface area contributed by atoms with Crippen LogP contribution in [-0.4, -0.2) is 11.1 Å². The van der Waals surface area contributed by atoms with E-state index in [1.165, 1.54) is 0 Å². The van der Waals surface area contributed by atoms with Crippen LogP contribution in [0.5, 0.6) is 0 Å². The van der Waals surface area contributed by atoms with Gasteiger partial charge in [-0.1, -0.05) is 39.7 Å².